The van der Waals surface area contributed by atoms with Crippen molar-refractivity contribution in [1.82, 2.24) is 19.9 Å². The zero-order chi connectivity index (χ0) is 19.1. The van der Waals surface area contributed by atoms with Crippen LogP contribution in [0.15, 0.2) is 12.4 Å². The number of hydrogen-bond donors (Lipinski definition) is 0. The highest BCUT2D eigenvalue weighted by molar-refractivity contribution is 5.83. The first-order chi connectivity index (χ1) is 12.9. The molecule has 146 valence electrons. The number of pyridine rings is 1. The molecule has 0 saturated carbocycles. The molecule has 2 aliphatic heterocycles. The number of nitrogens with zero attached hydrogens (tertiary/aromatic N) is 4. The van der Waals surface area contributed by atoms with Crippen molar-refractivity contribution < 1.29 is 27.0 Å². The summed E-state index contributed by atoms with van der Waals surface area (Å²) in [5.41, 5.74) is -0.276. The molecule has 10 heteroatoms. The predicted octanol–water partition coefficient (Wildman–Crippen LogP) is 3.11. The second-order valence-corrected chi connectivity index (χ2v) is 6.94. The number of aromatic nitrogens is 3. The molecule has 27 heavy (non-hydrogen) atoms. The van der Waals surface area contributed by atoms with Crippen LogP contribution in [0.3, 0.4) is 0 Å². The summed E-state index contributed by atoms with van der Waals surface area (Å²) in [6.07, 6.45) is 1.66. The second kappa shape index (κ2) is 6.74. The van der Waals surface area contributed by atoms with Gasteiger partial charge < -0.3 is 9.47 Å². The molecule has 0 atom stereocenters. The smallest absolute Gasteiger partial charge is 0.422 e. The molecule has 4 rings (SSSR count). The molecule has 2 aromatic heterocycles. The summed E-state index contributed by atoms with van der Waals surface area (Å²) in [4.78, 5) is 14.0. The van der Waals surface area contributed by atoms with Gasteiger partial charge in [-0.15, -0.1) is 0 Å². The van der Waals surface area contributed by atoms with Crippen LogP contribution in [0.25, 0.3) is 10.9 Å². The lowest BCUT2D eigenvalue weighted by atomic mass is 9.95. The van der Waals surface area contributed by atoms with Gasteiger partial charge in [-0.3, -0.25) is 9.88 Å². The molecule has 6 nitrogen and oxygen atoms in total. The van der Waals surface area contributed by atoms with Gasteiger partial charge in [-0.05, 0) is 38.8 Å². The summed E-state index contributed by atoms with van der Waals surface area (Å²) in [5.74, 6) is -1.18. The van der Waals surface area contributed by atoms with Crippen molar-refractivity contribution in [3.8, 4) is 11.9 Å². The normalized spacial score (nSPS) is 19.4. The monoisotopic (exact) mass is 386 g/mol. The SMILES string of the molecule is Fc1cncc2c(OCC(F)(F)F)nc(OCC34CCCN3CCC4)nc12. The molecular weight excluding hydrogens is 368 g/mol. The third kappa shape index (κ3) is 3.62. The van der Waals surface area contributed by atoms with Crippen LogP contribution in [0.5, 0.6) is 11.9 Å². The lowest BCUT2D eigenvalue weighted by Gasteiger charge is -2.31. The first kappa shape index (κ1) is 18.1. The third-order valence-electron chi connectivity index (χ3n) is 5.16. The average Bonchev–Trinajstić information content (AvgIpc) is 3.18. The molecule has 2 aliphatic rings. The fourth-order valence-corrected chi connectivity index (χ4v) is 3.95. The molecule has 2 fully saturated rings. The molecule has 0 radical (unpaired) electrons. The van der Waals surface area contributed by atoms with Crippen LogP contribution in [0, 0.1) is 5.82 Å². The summed E-state index contributed by atoms with van der Waals surface area (Å²) >= 11 is 0. The highest BCUT2D eigenvalue weighted by atomic mass is 19.4. The van der Waals surface area contributed by atoms with Gasteiger partial charge in [0.25, 0.3) is 0 Å². The number of hydrogen-bond acceptors (Lipinski definition) is 6. The molecule has 0 aliphatic carbocycles. The third-order valence-corrected chi connectivity index (χ3v) is 5.16. The van der Waals surface area contributed by atoms with Crippen molar-refractivity contribution in [3.05, 3.63) is 18.2 Å². The minimum Gasteiger partial charge on any atom is -0.467 e. The number of ether oxygens (including phenoxy) is 2. The van der Waals surface area contributed by atoms with E-state index < -0.39 is 24.5 Å². The second-order valence-electron chi connectivity index (χ2n) is 6.94. The zero-order valence-corrected chi connectivity index (χ0v) is 14.4. The molecule has 0 spiro atoms. The van der Waals surface area contributed by atoms with E-state index in [2.05, 4.69) is 19.9 Å². The van der Waals surface area contributed by atoms with E-state index in [9.17, 15) is 17.6 Å². The maximum absolute atomic E-state index is 14.1. The van der Waals surface area contributed by atoms with E-state index in [4.69, 9.17) is 9.47 Å². The van der Waals surface area contributed by atoms with Gasteiger partial charge in [-0.25, -0.2) is 4.39 Å². The van der Waals surface area contributed by atoms with Crippen molar-refractivity contribution in [2.75, 3.05) is 26.3 Å². The van der Waals surface area contributed by atoms with Crippen molar-refractivity contribution in [2.45, 2.75) is 37.4 Å². The van der Waals surface area contributed by atoms with E-state index in [1.54, 1.807) is 0 Å². The summed E-state index contributed by atoms with van der Waals surface area (Å²) in [6.45, 7) is 0.765. The Morgan fingerprint density at radius 1 is 1.07 bits per heavy atom. The van der Waals surface area contributed by atoms with Gasteiger partial charge in [0.05, 0.1) is 17.1 Å². The highest BCUT2D eigenvalue weighted by Gasteiger charge is 2.45. The Morgan fingerprint density at radius 3 is 2.52 bits per heavy atom. The summed E-state index contributed by atoms with van der Waals surface area (Å²) in [7, 11) is 0. The van der Waals surface area contributed by atoms with Crippen molar-refractivity contribution >= 4 is 10.9 Å². The van der Waals surface area contributed by atoms with Crippen LogP contribution < -0.4 is 9.47 Å². The van der Waals surface area contributed by atoms with Gasteiger partial charge in [-0.2, -0.15) is 23.1 Å². The van der Waals surface area contributed by atoms with Gasteiger partial charge in [0.2, 0.25) is 5.88 Å². The molecule has 0 N–H and O–H groups in total. The van der Waals surface area contributed by atoms with Gasteiger partial charge in [-0.1, -0.05) is 0 Å². The van der Waals surface area contributed by atoms with E-state index in [-0.39, 0.29) is 22.5 Å². The van der Waals surface area contributed by atoms with Gasteiger partial charge >= 0.3 is 12.2 Å². The van der Waals surface area contributed by atoms with Crippen molar-refractivity contribution in [1.29, 1.82) is 0 Å². The van der Waals surface area contributed by atoms with Crippen LogP contribution in [-0.2, 0) is 0 Å². The minimum atomic E-state index is -4.55. The number of halogens is 4. The first-order valence-corrected chi connectivity index (χ1v) is 8.75. The predicted molar refractivity (Wildman–Crippen MR) is 87.1 cm³/mol. The number of rotatable bonds is 5. The van der Waals surface area contributed by atoms with Crippen molar-refractivity contribution in [2.24, 2.45) is 0 Å². The van der Waals surface area contributed by atoms with E-state index in [1.165, 1.54) is 6.20 Å². The standard InChI is InChI=1S/C17H18F4N4O2/c18-12-8-22-7-11-13(12)23-15(24-14(11)26-10-17(19,20)21)27-9-16-3-1-5-25(16)6-2-4-16/h7-8H,1-6,9-10H2. The lowest BCUT2D eigenvalue weighted by Crippen LogP contribution is -2.43. The lowest BCUT2D eigenvalue weighted by molar-refractivity contribution is -0.153. The molecule has 0 aromatic carbocycles. The Bertz CT molecular complexity index is 836. The molecule has 0 unspecified atom stereocenters. The number of fused-ring (bicyclic) bond motifs is 2. The van der Waals surface area contributed by atoms with Gasteiger partial charge in [0.1, 0.15) is 12.1 Å². The van der Waals surface area contributed by atoms with E-state index in [0.29, 0.717) is 6.61 Å². The van der Waals surface area contributed by atoms with Crippen LogP contribution in [0.1, 0.15) is 25.7 Å². The zero-order valence-electron chi connectivity index (χ0n) is 14.4. The Kier molecular flexibility index (Phi) is 4.53. The summed E-state index contributed by atoms with van der Waals surface area (Å²) in [6, 6.07) is -0.196. The summed E-state index contributed by atoms with van der Waals surface area (Å²) in [5, 5.41) is -0.0341. The number of alkyl halides is 3. The Labute approximate surface area is 152 Å². The van der Waals surface area contributed by atoms with Crippen molar-refractivity contribution in [3.63, 3.8) is 0 Å². The quantitative estimate of drug-likeness (QED) is 0.736. The highest BCUT2D eigenvalue weighted by Crippen LogP contribution is 2.39. The molecule has 2 saturated heterocycles. The Balaban J connectivity index is 1.61. The largest absolute Gasteiger partial charge is 0.467 e. The molecule has 0 amide bonds. The van der Waals surface area contributed by atoms with E-state index >= 15 is 0 Å². The Morgan fingerprint density at radius 2 is 1.81 bits per heavy atom. The summed E-state index contributed by atoms with van der Waals surface area (Å²) < 4.78 is 62.1. The average molecular weight is 386 g/mol. The minimum absolute atomic E-state index is 0.0341. The molecular formula is C17H18F4N4O2. The fraction of sp³-hybridized carbons (Fsp3) is 0.588. The molecule has 2 aromatic rings. The Hall–Kier alpha value is -2.23. The van der Waals surface area contributed by atoms with Gasteiger partial charge in [0, 0.05) is 6.20 Å². The molecule has 0 bridgehead atoms. The molecule has 4 heterocycles. The van der Waals surface area contributed by atoms with Crippen LogP contribution in [0.2, 0.25) is 0 Å². The van der Waals surface area contributed by atoms with Crippen LogP contribution in [-0.4, -0.2) is 57.9 Å². The topological polar surface area (TPSA) is 60.4 Å². The van der Waals surface area contributed by atoms with Crippen LogP contribution in [0.4, 0.5) is 17.6 Å². The van der Waals surface area contributed by atoms with Crippen LogP contribution >= 0.6 is 0 Å². The van der Waals surface area contributed by atoms with Gasteiger partial charge in [0.15, 0.2) is 12.4 Å². The maximum atomic E-state index is 14.1. The van der Waals surface area contributed by atoms with E-state index in [1.807, 2.05) is 0 Å². The maximum Gasteiger partial charge on any atom is 0.422 e. The van der Waals surface area contributed by atoms with E-state index in [0.717, 1.165) is 45.0 Å². The first-order valence-electron chi connectivity index (χ1n) is 8.75. The fourth-order valence-electron chi connectivity index (χ4n) is 3.95.